The molecule has 0 unspecified atom stereocenters. The first-order chi connectivity index (χ1) is 9.83. The van der Waals surface area contributed by atoms with E-state index in [2.05, 4.69) is 14.7 Å². The van der Waals surface area contributed by atoms with Gasteiger partial charge in [-0.2, -0.15) is 22.5 Å². The molecular weight excluding hydrogens is 307 g/mol. The Balaban J connectivity index is 2.05. The summed E-state index contributed by atoms with van der Waals surface area (Å²) in [6.07, 6.45) is 0.0949. The zero-order valence-corrected chi connectivity index (χ0v) is 12.1. The molecule has 2 N–H and O–H groups in total. The number of hydrogen-bond donors (Lipinski definition) is 2. The van der Waals surface area contributed by atoms with Crippen LogP contribution in [-0.4, -0.2) is 27.0 Å². The van der Waals surface area contributed by atoms with E-state index in [4.69, 9.17) is 0 Å². The van der Waals surface area contributed by atoms with Gasteiger partial charge in [-0.15, -0.1) is 0 Å². The molecule has 5 nitrogen and oxygen atoms in total. The van der Waals surface area contributed by atoms with Crippen molar-refractivity contribution >= 4 is 22.6 Å². The van der Waals surface area contributed by atoms with E-state index in [1.54, 1.807) is 0 Å². The van der Waals surface area contributed by atoms with Gasteiger partial charge < -0.3 is 10.4 Å². The van der Waals surface area contributed by atoms with Crippen molar-refractivity contribution in [2.45, 2.75) is 44.7 Å². The molecule has 1 saturated carbocycles. The van der Waals surface area contributed by atoms with Crippen molar-refractivity contribution in [1.29, 1.82) is 0 Å². The summed E-state index contributed by atoms with van der Waals surface area (Å²) in [6, 6.07) is 0. The molecule has 1 aromatic heterocycles. The lowest BCUT2D eigenvalue weighted by molar-refractivity contribution is -0.149. The van der Waals surface area contributed by atoms with Gasteiger partial charge in [0, 0.05) is 18.1 Å². The summed E-state index contributed by atoms with van der Waals surface area (Å²) in [7, 11) is 0. The number of aliphatic carboxylic acids is 1. The Morgan fingerprint density at radius 1 is 1.29 bits per heavy atom. The van der Waals surface area contributed by atoms with Crippen LogP contribution in [-0.2, 0) is 11.0 Å². The molecule has 2 rings (SSSR count). The highest BCUT2D eigenvalue weighted by Crippen LogP contribution is 2.36. The fraction of sp³-hybridized carbons (Fsp3) is 0.750. The predicted molar refractivity (Wildman–Crippen MR) is 71.2 cm³/mol. The summed E-state index contributed by atoms with van der Waals surface area (Å²) in [5.41, 5.74) is -0.930. The van der Waals surface area contributed by atoms with Crippen LogP contribution < -0.4 is 5.32 Å². The lowest BCUT2D eigenvalue weighted by Crippen LogP contribution is -2.37. The Labute approximate surface area is 123 Å². The van der Waals surface area contributed by atoms with E-state index in [9.17, 15) is 23.1 Å². The van der Waals surface area contributed by atoms with Crippen molar-refractivity contribution in [3.05, 3.63) is 5.82 Å². The number of hydrogen-bond acceptors (Lipinski definition) is 5. The molecule has 0 bridgehead atoms. The van der Waals surface area contributed by atoms with E-state index in [0.29, 0.717) is 24.4 Å². The molecule has 0 amide bonds. The molecular formula is C12H16F3N3O2S. The van der Waals surface area contributed by atoms with Crippen LogP contribution in [0.15, 0.2) is 0 Å². The molecule has 1 aliphatic rings. The van der Waals surface area contributed by atoms with Gasteiger partial charge in [-0.1, -0.05) is 25.7 Å². The van der Waals surface area contributed by atoms with Crippen LogP contribution in [0, 0.1) is 5.41 Å². The Bertz CT molecular complexity index is 496. The van der Waals surface area contributed by atoms with E-state index in [-0.39, 0.29) is 11.7 Å². The minimum Gasteiger partial charge on any atom is -0.481 e. The summed E-state index contributed by atoms with van der Waals surface area (Å²) >= 11 is 0.595. The molecule has 1 heterocycles. The summed E-state index contributed by atoms with van der Waals surface area (Å²) in [6.45, 7) is 0.0782. The van der Waals surface area contributed by atoms with Crippen molar-refractivity contribution in [3.8, 4) is 0 Å². The average Bonchev–Trinajstić information content (AvgIpc) is 2.75. The minimum atomic E-state index is -4.58. The third-order valence-electron chi connectivity index (χ3n) is 3.77. The third-order valence-corrected chi connectivity index (χ3v) is 4.44. The van der Waals surface area contributed by atoms with Gasteiger partial charge in [0.25, 0.3) is 0 Å². The largest absolute Gasteiger partial charge is 0.481 e. The van der Waals surface area contributed by atoms with E-state index >= 15 is 0 Å². The molecule has 0 atom stereocenters. The maximum absolute atomic E-state index is 12.4. The lowest BCUT2D eigenvalue weighted by atomic mass is 9.80. The molecule has 0 saturated heterocycles. The average molecular weight is 323 g/mol. The Hall–Kier alpha value is -1.38. The van der Waals surface area contributed by atoms with Crippen molar-refractivity contribution in [2.24, 2.45) is 5.41 Å². The number of carboxylic acids is 1. The zero-order valence-electron chi connectivity index (χ0n) is 11.2. The molecule has 0 spiro atoms. The number of nitrogens with one attached hydrogen (secondary N) is 1. The van der Waals surface area contributed by atoms with Crippen molar-refractivity contribution in [1.82, 2.24) is 9.36 Å². The van der Waals surface area contributed by atoms with E-state index in [1.807, 2.05) is 0 Å². The van der Waals surface area contributed by atoms with E-state index in [0.717, 1.165) is 25.7 Å². The highest BCUT2D eigenvalue weighted by Gasteiger charge is 2.39. The van der Waals surface area contributed by atoms with Crippen LogP contribution in [0.25, 0.3) is 0 Å². The van der Waals surface area contributed by atoms with Crippen LogP contribution in [0.2, 0.25) is 0 Å². The van der Waals surface area contributed by atoms with E-state index < -0.39 is 23.4 Å². The highest BCUT2D eigenvalue weighted by molar-refractivity contribution is 7.09. The van der Waals surface area contributed by atoms with Crippen molar-refractivity contribution < 1.29 is 23.1 Å². The van der Waals surface area contributed by atoms with Gasteiger partial charge in [-0.3, -0.25) is 4.79 Å². The number of halogens is 3. The fourth-order valence-corrected chi connectivity index (χ4v) is 3.11. The lowest BCUT2D eigenvalue weighted by Gasteiger charge is -2.27. The van der Waals surface area contributed by atoms with Crippen LogP contribution >= 0.6 is 11.5 Å². The second kappa shape index (κ2) is 6.17. The Morgan fingerprint density at radius 3 is 2.38 bits per heavy atom. The smallest absolute Gasteiger partial charge is 0.452 e. The quantitative estimate of drug-likeness (QED) is 0.831. The van der Waals surface area contributed by atoms with Crippen LogP contribution in [0.3, 0.4) is 0 Å². The third kappa shape index (κ3) is 3.84. The van der Waals surface area contributed by atoms with Gasteiger partial charge in [0.05, 0.1) is 5.41 Å². The molecule has 0 aromatic carbocycles. The number of aromatic nitrogens is 2. The molecule has 9 heteroatoms. The Morgan fingerprint density at radius 2 is 1.90 bits per heavy atom. The van der Waals surface area contributed by atoms with Gasteiger partial charge >= 0.3 is 12.1 Å². The number of carbonyl (C=O) groups is 1. The molecule has 0 aliphatic heterocycles. The standard InChI is InChI=1S/C12H16F3N3O2S/c13-12(14,15)8-17-10(21-18-8)16-7-11(9(19)20)5-3-1-2-4-6-11/h1-7H2,(H,19,20)(H,16,17,18). The molecule has 118 valence electrons. The first-order valence-electron chi connectivity index (χ1n) is 6.72. The summed E-state index contributed by atoms with van der Waals surface area (Å²) < 4.78 is 40.5. The monoisotopic (exact) mass is 323 g/mol. The first kappa shape index (κ1) is 16.0. The highest BCUT2D eigenvalue weighted by atomic mass is 32.1. The second-order valence-corrected chi connectivity index (χ2v) is 6.03. The Kier molecular flexibility index (Phi) is 4.70. The van der Waals surface area contributed by atoms with Gasteiger partial charge in [0.1, 0.15) is 0 Å². The molecule has 1 aliphatic carbocycles. The molecule has 1 fully saturated rings. The number of carboxylic acid groups (broad SMARTS) is 1. The maximum Gasteiger partial charge on any atom is 0.452 e. The van der Waals surface area contributed by atoms with E-state index in [1.165, 1.54) is 0 Å². The number of alkyl halides is 3. The minimum absolute atomic E-state index is 0.00666. The fourth-order valence-electron chi connectivity index (χ4n) is 2.53. The van der Waals surface area contributed by atoms with Crippen molar-refractivity contribution in [3.63, 3.8) is 0 Å². The van der Waals surface area contributed by atoms with Crippen LogP contribution in [0.4, 0.5) is 18.3 Å². The van der Waals surface area contributed by atoms with Crippen LogP contribution in [0.5, 0.6) is 0 Å². The summed E-state index contributed by atoms with van der Waals surface area (Å²) in [5, 5.41) is 12.2. The predicted octanol–water partition coefficient (Wildman–Crippen LogP) is 3.39. The summed E-state index contributed by atoms with van der Waals surface area (Å²) in [5.74, 6) is -2.10. The normalized spacial score (nSPS) is 19.0. The SMILES string of the molecule is O=C(O)C1(CNc2nc(C(F)(F)F)ns2)CCCCCC1. The number of anilines is 1. The van der Waals surface area contributed by atoms with Crippen molar-refractivity contribution in [2.75, 3.05) is 11.9 Å². The zero-order chi connectivity index (χ0) is 15.5. The second-order valence-electron chi connectivity index (χ2n) is 5.27. The topological polar surface area (TPSA) is 75.1 Å². The first-order valence-corrected chi connectivity index (χ1v) is 7.49. The van der Waals surface area contributed by atoms with Gasteiger partial charge in [-0.05, 0) is 12.8 Å². The summed E-state index contributed by atoms with van der Waals surface area (Å²) in [4.78, 5) is 14.9. The van der Waals surface area contributed by atoms with Gasteiger partial charge in [0.2, 0.25) is 11.0 Å². The van der Waals surface area contributed by atoms with Gasteiger partial charge in [-0.25, -0.2) is 0 Å². The maximum atomic E-state index is 12.4. The molecule has 21 heavy (non-hydrogen) atoms. The number of nitrogens with zero attached hydrogens (tertiary/aromatic N) is 2. The number of rotatable bonds is 4. The molecule has 0 radical (unpaired) electrons. The van der Waals surface area contributed by atoms with Crippen LogP contribution in [0.1, 0.15) is 44.3 Å². The molecule has 1 aromatic rings. The van der Waals surface area contributed by atoms with Gasteiger partial charge in [0.15, 0.2) is 0 Å².